The van der Waals surface area contributed by atoms with Crippen molar-refractivity contribution >= 4 is 5.97 Å². The van der Waals surface area contributed by atoms with Crippen molar-refractivity contribution in [2.45, 2.75) is 66.7 Å². The van der Waals surface area contributed by atoms with Crippen molar-refractivity contribution in [3.63, 3.8) is 0 Å². The number of allylic oxidation sites excluding steroid dienone is 5. The van der Waals surface area contributed by atoms with Crippen LogP contribution in [-0.4, -0.2) is 12.6 Å². The van der Waals surface area contributed by atoms with Gasteiger partial charge < -0.3 is 4.74 Å². The highest BCUT2D eigenvalue weighted by molar-refractivity contribution is 5.65. The first-order valence-corrected chi connectivity index (χ1v) is 7.49. The smallest absolute Gasteiger partial charge is 0.302 e. The van der Waals surface area contributed by atoms with Gasteiger partial charge in [0, 0.05) is 6.92 Å². The van der Waals surface area contributed by atoms with E-state index < -0.39 is 0 Å². The summed E-state index contributed by atoms with van der Waals surface area (Å²) in [5, 5.41) is 0. The predicted octanol–water partition coefficient (Wildman–Crippen LogP) is 5.36. The molecule has 20 heavy (non-hydrogen) atoms. The van der Waals surface area contributed by atoms with Crippen LogP contribution in [0.5, 0.6) is 0 Å². The number of hydrogen-bond acceptors (Lipinski definition) is 2. The fraction of sp³-hybridized carbons (Fsp3) is 0.611. The molecule has 2 heteroatoms. The lowest BCUT2D eigenvalue weighted by atomic mass is 10.1. The number of rotatable bonds is 9. The molecule has 0 aliphatic heterocycles. The first-order valence-electron chi connectivity index (χ1n) is 7.49. The summed E-state index contributed by atoms with van der Waals surface area (Å²) < 4.78 is 4.90. The van der Waals surface area contributed by atoms with E-state index in [0.29, 0.717) is 6.61 Å². The quantitative estimate of drug-likeness (QED) is 0.322. The molecule has 0 N–H and O–H groups in total. The Morgan fingerprint density at radius 3 is 1.80 bits per heavy atom. The molecule has 0 aliphatic rings. The molecule has 0 aliphatic carbocycles. The summed E-state index contributed by atoms with van der Waals surface area (Å²) in [5.41, 5.74) is 4.23. The summed E-state index contributed by atoms with van der Waals surface area (Å²) in [4.78, 5) is 10.6. The fourth-order valence-electron chi connectivity index (χ4n) is 1.85. The van der Waals surface area contributed by atoms with Crippen LogP contribution >= 0.6 is 0 Å². The molecule has 0 atom stereocenters. The number of esters is 1. The SMILES string of the molecule is CC(=O)OCC/C=C(\C)CC/C=C(\C)CCC=C(C)C. The average molecular weight is 278 g/mol. The molecule has 0 fully saturated rings. The van der Waals surface area contributed by atoms with Crippen LogP contribution in [0.4, 0.5) is 0 Å². The third-order valence-corrected chi connectivity index (χ3v) is 3.04. The minimum absolute atomic E-state index is 0.203. The Morgan fingerprint density at radius 1 is 0.800 bits per heavy atom. The Kier molecular flexibility index (Phi) is 10.8. The molecular weight excluding hydrogens is 248 g/mol. The second-order valence-corrected chi connectivity index (χ2v) is 5.59. The van der Waals surface area contributed by atoms with Crippen molar-refractivity contribution in [3.8, 4) is 0 Å². The van der Waals surface area contributed by atoms with Gasteiger partial charge in [-0.25, -0.2) is 0 Å². The molecule has 0 spiro atoms. The predicted molar refractivity (Wildman–Crippen MR) is 86.7 cm³/mol. The van der Waals surface area contributed by atoms with Gasteiger partial charge in [-0.2, -0.15) is 0 Å². The zero-order valence-electron chi connectivity index (χ0n) is 13.8. The maximum atomic E-state index is 10.6. The van der Waals surface area contributed by atoms with Crippen LogP contribution in [0.15, 0.2) is 34.9 Å². The van der Waals surface area contributed by atoms with E-state index >= 15 is 0 Å². The van der Waals surface area contributed by atoms with Crippen molar-refractivity contribution in [3.05, 3.63) is 34.9 Å². The highest BCUT2D eigenvalue weighted by Gasteiger charge is 1.93. The molecule has 0 bridgehead atoms. The van der Waals surface area contributed by atoms with Gasteiger partial charge in [-0.1, -0.05) is 34.9 Å². The molecular formula is C18H30O2. The molecule has 0 saturated carbocycles. The van der Waals surface area contributed by atoms with Gasteiger partial charge in [0.25, 0.3) is 0 Å². The van der Waals surface area contributed by atoms with Crippen LogP contribution in [0, 0.1) is 0 Å². The highest BCUT2D eigenvalue weighted by atomic mass is 16.5. The van der Waals surface area contributed by atoms with Gasteiger partial charge >= 0.3 is 5.97 Å². The Labute approximate surface area is 124 Å². The van der Waals surface area contributed by atoms with Crippen LogP contribution in [-0.2, 0) is 9.53 Å². The largest absolute Gasteiger partial charge is 0.466 e. The van der Waals surface area contributed by atoms with Crippen molar-refractivity contribution < 1.29 is 9.53 Å². The lowest BCUT2D eigenvalue weighted by Crippen LogP contribution is -1.99. The second kappa shape index (κ2) is 11.5. The summed E-state index contributed by atoms with van der Waals surface area (Å²) in [7, 11) is 0. The Hall–Kier alpha value is -1.31. The zero-order chi connectivity index (χ0) is 15.4. The van der Waals surface area contributed by atoms with Crippen molar-refractivity contribution in [1.82, 2.24) is 0 Å². The lowest BCUT2D eigenvalue weighted by Gasteiger charge is -2.02. The van der Waals surface area contributed by atoms with E-state index in [-0.39, 0.29) is 5.97 Å². The molecule has 0 aromatic heterocycles. The molecule has 0 radical (unpaired) electrons. The van der Waals surface area contributed by atoms with Gasteiger partial charge in [-0.3, -0.25) is 4.79 Å². The maximum Gasteiger partial charge on any atom is 0.302 e. The highest BCUT2D eigenvalue weighted by Crippen LogP contribution is 2.11. The second-order valence-electron chi connectivity index (χ2n) is 5.59. The minimum Gasteiger partial charge on any atom is -0.466 e. The van der Waals surface area contributed by atoms with E-state index in [1.165, 1.54) is 23.6 Å². The fourth-order valence-corrected chi connectivity index (χ4v) is 1.85. The number of carbonyl (C=O) groups excluding carboxylic acids is 1. The van der Waals surface area contributed by atoms with Crippen LogP contribution in [0.2, 0.25) is 0 Å². The summed E-state index contributed by atoms with van der Waals surface area (Å²) >= 11 is 0. The van der Waals surface area contributed by atoms with Crippen LogP contribution in [0.25, 0.3) is 0 Å². The van der Waals surface area contributed by atoms with Crippen molar-refractivity contribution in [2.75, 3.05) is 6.61 Å². The molecule has 0 aromatic carbocycles. The van der Waals surface area contributed by atoms with Crippen LogP contribution in [0.1, 0.15) is 66.7 Å². The van der Waals surface area contributed by atoms with Gasteiger partial charge in [0.05, 0.1) is 6.61 Å². The molecule has 0 rings (SSSR count). The van der Waals surface area contributed by atoms with Crippen molar-refractivity contribution in [1.29, 1.82) is 0 Å². The molecule has 114 valence electrons. The van der Waals surface area contributed by atoms with Crippen LogP contribution < -0.4 is 0 Å². The number of hydrogen-bond donors (Lipinski definition) is 0. The monoisotopic (exact) mass is 278 g/mol. The molecule has 0 unspecified atom stereocenters. The molecule has 0 saturated heterocycles. The van der Waals surface area contributed by atoms with E-state index in [0.717, 1.165) is 32.1 Å². The Balaban J connectivity index is 3.82. The van der Waals surface area contributed by atoms with E-state index in [4.69, 9.17) is 4.74 Å². The first-order chi connectivity index (χ1) is 9.41. The lowest BCUT2D eigenvalue weighted by molar-refractivity contribution is -0.140. The summed E-state index contributed by atoms with van der Waals surface area (Å²) in [6, 6.07) is 0. The van der Waals surface area contributed by atoms with E-state index in [1.807, 2.05) is 0 Å². The molecule has 0 aromatic rings. The van der Waals surface area contributed by atoms with Crippen LogP contribution in [0.3, 0.4) is 0 Å². The number of carbonyl (C=O) groups is 1. The Bertz CT molecular complexity index is 369. The molecule has 2 nitrogen and oxygen atoms in total. The summed E-state index contributed by atoms with van der Waals surface area (Å²) in [6.45, 7) is 10.6. The maximum absolute atomic E-state index is 10.6. The third kappa shape index (κ3) is 13.1. The Morgan fingerprint density at radius 2 is 1.30 bits per heavy atom. The first kappa shape index (κ1) is 18.7. The van der Waals surface area contributed by atoms with Gasteiger partial charge in [-0.05, 0) is 59.8 Å². The summed E-state index contributed by atoms with van der Waals surface area (Å²) in [5.74, 6) is -0.203. The molecule has 0 heterocycles. The molecule has 0 amide bonds. The zero-order valence-corrected chi connectivity index (χ0v) is 13.8. The normalized spacial score (nSPS) is 12.2. The van der Waals surface area contributed by atoms with Gasteiger partial charge in [-0.15, -0.1) is 0 Å². The van der Waals surface area contributed by atoms with E-state index in [9.17, 15) is 4.79 Å². The topological polar surface area (TPSA) is 26.3 Å². The van der Waals surface area contributed by atoms with Gasteiger partial charge in [0.2, 0.25) is 0 Å². The van der Waals surface area contributed by atoms with Gasteiger partial charge in [0.15, 0.2) is 0 Å². The standard InChI is InChI=1S/C18H30O2/c1-15(2)9-6-10-16(3)11-7-12-17(4)13-8-14-20-18(5)19/h9,11,13H,6-8,10,12,14H2,1-5H3/b16-11+,17-13+. The van der Waals surface area contributed by atoms with E-state index in [2.05, 4.69) is 45.9 Å². The minimum atomic E-state index is -0.203. The third-order valence-electron chi connectivity index (χ3n) is 3.04. The average Bonchev–Trinajstić information content (AvgIpc) is 2.34. The van der Waals surface area contributed by atoms with Gasteiger partial charge in [0.1, 0.15) is 0 Å². The van der Waals surface area contributed by atoms with E-state index in [1.54, 1.807) is 0 Å². The van der Waals surface area contributed by atoms with Crippen molar-refractivity contribution in [2.24, 2.45) is 0 Å². The summed E-state index contributed by atoms with van der Waals surface area (Å²) in [6.07, 6.45) is 12.1. The number of ether oxygens (including phenoxy) is 1.